The highest BCUT2D eigenvalue weighted by Gasteiger charge is 2.21. The van der Waals surface area contributed by atoms with Gasteiger partial charge in [0.15, 0.2) is 17.6 Å². The van der Waals surface area contributed by atoms with E-state index in [0.717, 1.165) is 10.8 Å². The van der Waals surface area contributed by atoms with Crippen LogP contribution in [0.25, 0.3) is 10.8 Å². The molecule has 0 saturated heterocycles. The molecule has 1 amide bonds. The van der Waals surface area contributed by atoms with E-state index < -0.39 is 18.0 Å². The van der Waals surface area contributed by atoms with Crippen LogP contribution in [0.1, 0.15) is 17.3 Å². The van der Waals surface area contributed by atoms with E-state index in [9.17, 15) is 9.59 Å². The highest BCUT2D eigenvalue weighted by molar-refractivity contribution is 6.05. The van der Waals surface area contributed by atoms with E-state index in [1.165, 1.54) is 6.92 Å². The third kappa shape index (κ3) is 3.62. The van der Waals surface area contributed by atoms with Crippen LogP contribution in [0.4, 0.5) is 5.69 Å². The smallest absolute Gasteiger partial charge is 0.339 e. The molecule has 1 aliphatic heterocycles. The van der Waals surface area contributed by atoms with Gasteiger partial charge < -0.3 is 19.5 Å². The second-order valence-electron chi connectivity index (χ2n) is 6.42. The normalized spacial score (nSPS) is 13.6. The van der Waals surface area contributed by atoms with E-state index in [4.69, 9.17) is 14.2 Å². The molecule has 0 unspecified atom stereocenters. The number of hydrogen-bond acceptors (Lipinski definition) is 5. The first-order valence-corrected chi connectivity index (χ1v) is 9.01. The molecule has 1 aliphatic rings. The van der Waals surface area contributed by atoms with Crippen molar-refractivity contribution in [3.63, 3.8) is 0 Å². The molecule has 1 N–H and O–H groups in total. The standard InChI is InChI=1S/C22H19NO5/c1-14(21(24)23-16-9-10-19-20(13-16)27-12-11-26-19)28-22(25)18-8-4-6-15-5-2-3-7-17(15)18/h2-10,13-14H,11-12H2,1H3,(H,23,24)/t14-/m1/s1. The molecule has 6 nitrogen and oxygen atoms in total. The molecule has 0 fully saturated rings. The Labute approximate surface area is 162 Å². The van der Waals surface area contributed by atoms with Crippen molar-refractivity contribution in [1.29, 1.82) is 0 Å². The maximum Gasteiger partial charge on any atom is 0.339 e. The molecule has 6 heteroatoms. The number of benzene rings is 3. The second-order valence-corrected chi connectivity index (χ2v) is 6.42. The van der Waals surface area contributed by atoms with Crippen molar-refractivity contribution in [1.82, 2.24) is 0 Å². The molecule has 1 heterocycles. The number of nitrogens with one attached hydrogen (secondary N) is 1. The molecule has 1 atom stereocenters. The van der Waals surface area contributed by atoms with Gasteiger partial charge in [0.25, 0.3) is 5.91 Å². The van der Waals surface area contributed by atoms with Gasteiger partial charge in [-0.25, -0.2) is 4.79 Å². The molecule has 0 radical (unpaired) electrons. The van der Waals surface area contributed by atoms with Gasteiger partial charge in [-0.3, -0.25) is 4.79 Å². The summed E-state index contributed by atoms with van der Waals surface area (Å²) in [6.07, 6.45) is -0.959. The van der Waals surface area contributed by atoms with Gasteiger partial charge in [-0.2, -0.15) is 0 Å². The lowest BCUT2D eigenvalue weighted by Gasteiger charge is -2.19. The van der Waals surface area contributed by atoms with Crippen molar-refractivity contribution in [3.05, 3.63) is 66.2 Å². The van der Waals surface area contributed by atoms with Crippen molar-refractivity contribution in [2.75, 3.05) is 18.5 Å². The van der Waals surface area contributed by atoms with E-state index in [-0.39, 0.29) is 0 Å². The lowest BCUT2D eigenvalue weighted by atomic mass is 10.0. The Hall–Kier alpha value is -3.54. The van der Waals surface area contributed by atoms with Gasteiger partial charge in [0, 0.05) is 11.8 Å². The number of fused-ring (bicyclic) bond motifs is 2. The molecule has 142 valence electrons. The molecule has 0 bridgehead atoms. The number of carbonyl (C=O) groups is 2. The van der Waals surface area contributed by atoms with Gasteiger partial charge >= 0.3 is 5.97 Å². The lowest BCUT2D eigenvalue weighted by Crippen LogP contribution is -2.30. The average molecular weight is 377 g/mol. The average Bonchev–Trinajstić information content (AvgIpc) is 2.73. The number of carbonyl (C=O) groups excluding carboxylic acids is 2. The summed E-state index contributed by atoms with van der Waals surface area (Å²) in [6, 6.07) is 18.1. The zero-order valence-corrected chi connectivity index (χ0v) is 15.3. The van der Waals surface area contributed by atoms with Crippen molar-refractivity contribution in [2.45, 2.75) is 13.0 Å². The zero-order valence-electron chi connectivity index (χ0n) is 15.3. The predicted molar refractivity (Wildman–Crippen MR) is 105 cm³/mol. The number of anilines is 1. The third-order valence-electron chi connectivity index (χ3n) is 4.47. The first-order chi connectivity index (χ1) is 13.6. The summed E-state index contributed by atoms with van der Waals surface area (Å²) in [7, 11) is 0. The molecule has 0 aromatic heterocycles. The molecule has 28 heavy (non-hydrogen) atoms. The van der Waals surface area contributed by atoms with E-state index in [0.29, 0.717) is 36.0 Å². The summed E-state index contributed by atoms with van der Waals surface area (Å²) in [6.45, 7) is 2.50. The molecule has 0 aliphatic carbocycles. The second kappa shape index (κ2) is 7.60. The summed E-state index contributed by atoms with van der Waals surface area (Å²) in [4.78, 5) is 25.0. The number of amides is 1. The quantitative estimate of drug-likeness (QED) is 0.700. The third-order valence-corrected chi connectivity index (χ3v) is 4.47. The largest absolute Gasteiger partial charge is 0.486 e. The Balaban J connectivity index is 1.45. The molecule has 0 saturated carbocycles. The minimum absolute atomic E-state index is 0.426. The molecule has 0 spiro atoms. The maximum atomic E-state index is 12.6. The molecular formula is C22H19NO5. The van der Waals surface area contributed by atoms with Crippen LogP contribution in [-0.4, -0.2) is 31.2 Å². The monoisotopic (exact) mass is 377 g/mol. The molecule has 3 aromatic rings. The number of hydrogen-bond donors (Lipinski definition) is 1. The minimum atomic E-state index is -0.959. The fourth-order valence-electron chi connectivity index (χ4n) is 3.05. The highest BCUT2D eigenvalue weighted by Crippen LogP contribution is 2.32. The van der Waals surface area contributed by atoms with E-state index in [1.54, 1.807) is 30.3 Å². The van der Waals surface area contributed by atoms with Gasteiger partial charge in [0.2, 0.25) is 0 Å². The first kappa shape index (κ1) is 17.9. The summed E-state index contributed by atoms with van der Waals surface area (Å²) >= 11 is 0. The summed E-state index contributed by atoms with van der Waals surface area (Å²) in [5.41, 5.74) is 0.972. The van der Waals surface area contributed by atoms with E-state index in [2.05, 4.69) is 5.32 Å². The van der Waals surface area contributed by atoms with Crippen molar-refractivity contribution >= 4 is 28.3 Å². The fraction of sp³-hybridized carbons (Fsp3) is 0.182. The Bertz CT molecular complexity index is 1040. The summed E-state index contributed by atoms with van der Waals surface area (Å²) in [5.74, 6) is 0.246. The van der Waals surface area contributed by atoms with Gasteiger partial charge in [-0.05, 0) is 35.9 Å². The van der Waals surface area contributed by atoms with Gasteiger partial charge in [0.1, 0.15) is 13.2 Å². The van der Waals surface area contributed by atoms with Crippen LogP contribution in [0, 0.1) is 0 Å². The van der Waals surface area contributed by atoms with Crippen molar-refractivity contribution in [2.24, 2.45) is 0 Å². The molecule has 3 aromatic carbocycles. The van der Waals surface area contributed by atoms with Crippen LogP contribution in [0.2, 0.25) is 0 Å². The number of ether oxygens (including phenoxy) is 3. The van der Waals surface area contributed by atoms with Crippen molar-refractivity contribution in [3.8, 4) is 11.5 Å². The predicted octanol–water partition coefficient (Wildman–Crippen LogP) is 3.80. The van der Waals surface area contributed by atoms with E-state index in [1.807, 2.05) is 30.3 Å². The fourth-order valence-corrected chi connectivity index (χ4v) is 3.05. The van der Waals surface area contributed by atoms with Crippen LogP contribution < -0.4 is 14.8 Å². The van der Waals surface area contributed by atoms with E-state index >= 15 is 0 Å². The van der Waals surface area contributed by atoms with Crippen LogP contribution >= 0.6 is 0 Å². The van der Waals surface area contributed by atoms with Gasteiger partial charge in [-0.1, -0.05) is 36.4 Å². The van der Waals surface area contributed by atoms with Crippen LogP contribution in [-0.2, 0) is 9.53 Å². The number of rotatable bonds is 4. The van der Waals surface area contributed by atoms with Crippen LogP contribution in [0.15, 0.2) is 60.7 Å². The van der Waals surface area contributed by atoms with Crippen molar-refractivity contribution < 1.29 is 23.8 Å². The Kier molecular flexibility index (Phi) is 4.85. The highest BCUT2D eigenvalue weighted by atomic mass is 16.6. The topological polar surface area (TPSA) is 73.9 Å². The molecule has 4 rings (SSSR count). The molecular weight excluding hydrogens is 358 g/mol. The lowest BCUT2D eigenvalue weighted by molar-refractivity contribution is -0.123. The SMILES string of the molecule is C[C@@H](OC(=O)c1cccc2ccccc12)C(=O)Nc1ccc2c(c1)OCCO2. The van der Waals surface area contributed by atoms with Gasteiger partial charge in [-0.15, -0.1) is 0 Å². The van der Waals surface area contributed by atoms with Gasteiger partial charge in [0.05, 0.1) is 5.56 Å². The van der Waals surface area contributed by atoms with Crippen LogP contribution in [0.5, 0.6) is 11.5 Å². The maximum absolute atomic E-state index is 12.6. The first-order valence-electron chi connectivity index (χ1n) is 9.01. The summed E-state index contributed by atoms with van der Waals surface area (Å²) < 4.78 is 16.4. The Morgan fingerprint density at radius 2 is 1.71 bits per heavy atom. The summed E-state index contributed by atoms with van der Waals surface area (Å²) in [5, 5.41) is 4.46. The Morgan fingerprint density at radius 3 is 2.57 bits per heavy atom. The number of esters is 1. The minimum Gasteiger partial charge on any atom is -0.486 e. The van der Waals surface area contributed by atoms with Crippen LogP contribution in [0.3, 0.4) is 0 Å². The zero-order chi connectivity index (χ0) is 19.5. The Morgan fingerprint density at radius 1 is 0.964 bits per heavy atom.